The van der Waals surface area contributed by atoms with E-state index in [0.29, 0.717) is 34.5 Å². The maximum Gasteiger partial charge on any atom is 0.338 e. The van der Waals surface area contributed by atoms with Crippen molar-refractivity contribution in [1.29, 1.82) is 0 Å². The smallest absolute Gasteiger partial charge is 0.338 e. The second kappa shape index (κ2) is 11.9. The van der Waals surface area contributed by atoms with Crippen molar-refractivity contribution < 1.29 is 19.1 Å². The van der Waals surface area contributed by atoms with Gasteiger partial charge in [-0.2, -0.15) is 0 Å². The van der Waals surface area contributed by atoms with Gasteiger partial charge in [-0.3, -0.25) is 9.69 Å². The average Bonchev–Trinajstić information content (AvgIpc) is 3.20. The van der Waals surface area contributed by atoms with Crippen LogP contribution in [-0.2, 0) is 16.1 Å². The maximum absolute atomic E-state index is 12.9. The number of fused-ring (bicyclic) bond motifs is 1. The molecule has 0 saturated carbocycles. The largest absolute Gasteiger partial charge is 0.488 e. The second-order valence-electron chi connectivity index (χ2n) is 8.75. The third-order valence-corrected chi connectivity index (χ3v) is 7.80. The molecule has 5 rings (SSSR count). The Kier molecular flexibility index (Phi) is 8.14. The molecule has 196 valence electrons. The molecule has 6 nitrogen and oxygen atoms in total. The van der Waals surface area contributed by atoms with Gasteiger partial charge in [0.15, 0.2) is 5.17 Å². The second-order valence-corrected chi connectivity index (χ2v) is 10.6. The number of carbonyl (C=O) groups excluding carboxylic acids is 2. The summed E-state index contributed by atoms with van der Waals surface area (Å²) in [5.41, 5.74) is 3.08. The molecule has 0 aliphatic carbocycles. The third-order valence-electron chi connectivity index (χ3n) is 6.12. The molecule has 8 heteroatoms. The summed E-state index contributed by atoms with van der Waals surface area (Å²) in [5, 5.41) is 2.91. The van der Waals surface area contributed by atoms with E-state index < -0.39 is 0 Å². The van der Waals surface area contributed by atoms with Crippen LogP contribution in [0.1, 0.15) is 28.4 Å². The molecule has 1 amide bonds. The fourth-order valence-electron chi connectivity index (χ4n) is 4.10. The van der Waals surface area contributed by atoms with Crippen molar-refractivity contribution in [3.05, 3.63) is 111 Å². The first-order valence-corrected chi connectivity index (χ1v) is 14.0. The number of amides is 1. The van der Waals surface area contributed by atoms with Gasteiger partial charge in [0.2, 0.25) is 0 Å². The van der Waals surface area contributed by atoms with Crippen LogP contribution < -0.4 is 4.74 Å². The molecule has 0 aromatic heterocycles. The summed E-state index contributed by atoms with van der Waals surface area (Å²) in [7, 11) is 1.70. The van der Waals surface area contributed by atoms with E-state index >= 15 is 0 Å². The Hall–Kier alpha value is -3.88. The van der Waals surface area contributed by atoms with Gasteiger partial charge in [0, 0.05) is 7.05 Å². The topological polar surface area (TPSA) is 68.2 Å². The number of nitrogens with zero attached hydrogens (tertiary/aromatic N) is 2. The van der Waals surface area contributed by atoms with Crippen LogP contribution in [0.5, 0.6) is 5.75 Å². The molecule has 0 N–H and O–H groups in total. The van der Waals surface area contributed by atoms with Crippen LogP contribution in [-0.4, -0.2) is 35.6 Å². The van der Waals surface area contributed by atoms with Gasteiger partial charge in [-0.1, -0.05) is 48.5 Å². The van der Waals surface area contributed by atoms with Crippen LogP contribution in [0.2, 0.25) is 0 Å². The molecule has 0 bridgehead atoms. The van der Waals surface area contributed by atoms with E-state index in [1.165, 1.54) is 27.4 Å². The number of ether oxygens (including phenoxy) is 2. The zero-order chi connectivity index (χ0) is 27.4. The minimum Gasteiger partial charge on any atom is -0.488 e. The number of rotatable bonds is 7. The van der Waals surface area contributed by atoms with Gasteiger partial charge in [-0.25, -0.2) is 9.79 Å². The van der Waals surface area contributed by atoms with E-state index in [1.807, 2.05) is 42.5 Å². The van der Waals surface area contributed by atoms with Crippen molar-refractivity contribution in [1.82, 2.24) is 4.90 Å². The van der Waals surface area contributed by atoms with Gasteiger partial charge >= 0.3 is 5.97 Å². The van der Waals surface area contributed by atoms with Gasteiger partial charge in [0.05, 0.1) is 27.2 Å². The SMILES string of the molecule is CCOC(=O)c1ccc(N=C2SC(=Cc3ccc(OCc4cccc5ccccc45)c(Br)c3)C(=O)N2C)cc1. The van der Waals surface area contributed by atoms with Crippen LogP contribution in [0, 0.1) is 0 Å². The number of carbonyl (C=O) groups is 2. The predicted octanol–water partition coefficient (Wildman–Crippen LogP) is 7.59. The molecule has 1 fully saturated rings. The Labute approximate surface area is 239 Å². The number of likely N-dealkylation sites (N-methyl/N-ethyl adjacent to an activating group) is 1. The van der Waals surface area contributed by atoms with Crippen molar-refractivity contribution in [2.45, 2.75) is 13.5 Å². The van der Waals surface area contributed by atoms with Crippen molar-refractivity contribution in [2.24, 2.45) is 4.99 Å². The third kappa shape index (κ3) is 6.08. The summed E-state index contributed by atoms with van der Waals surface area (Å²) in [6, 6.07) is 27.0. The highest BCUT2D eigenvalue weighted by Gasteiger charge is 2.30. The van der Waals surface area contributed by atoms with Gasteiger partial charge < -0.3 is 9.47 Å². The van der Waals surface area contributed by atoms with Gasteiger partial charge in [-0.15, -0.1) is 0 Å². The Morgan fingerprint density at radius 2 is 1.79 bits per heavy atom. The fraction of sp³-hybridized carbons (Fsp3) is 0.129. The zero-order valence-electron chi connectivity index (χ0n) is 21.4. The summed E-state index contributed by atoms with van der Waals surface area (Å²) in [6.45, 7) is 2.53. The molecule has 1 aliphatic rings. The van der Waals surface area contributed by atoms with Crippen molar-refractivity contribution in [2.75, 3.05) is 13.7 Å². The van der Waals surface area contributed by atoms with E-state index in [-0.39, 0.29) is 11.9 Å². The number of hydrogen-bond donors (Lipinski definition) is 0. The molecule has 0 spiro atoms. The van der Waals surface area contributed by atoms with Crippen LogP contribution in [0.3, 0.4) is 0 Å². The number of benzene rings is 4. The van der Waals surface area contributed by atoms with Crippen LogP contribution in [0.25, 0.3) is 16.8 Å². The van der Waals surface area contributed by atoms with Crippen LogP contribution >= 0.6 is 27.7 Å². The lowest BCUT2D eigenvalue weighted by Crippen LogP contribution is -2.23. The molecule has 0 atom stereocenters. The Balaban J connectivity index is 1.29. The molecule has 4 aromatic carbocycles. The standard InChI is InChI=1S/C31H25BrN2O4S/c1-3-37-30(36)22-12-14-24(15-13-22)33-31-34(2)29(35)28(39-31)18-20-11-16-27(26(32)17-20)38-19-23-9-6-8-21-7-4-5-10-25(21)23/h4-18H,3,19H2,1-2H3. The molecule has 1 heterocycles. The number of esters is 1. The van der Waals surface area contributed by atoms with Gasteiger partial charge in [0.25, 0.3) is 5.91 Å². The molecule has 0 unspecified atom stereocenters. The van der Waals surface area contributed by atoms with E-state index in [0.717, 1.165) is 21.3 Å². The molecule has 4 aromatic rings. The lowest BCUT2D eigenvalue weighted by Gasteiger charge is -2.11. The Bertz CT molecular complexity index is 1610. The van der Waals surface area contributed by atoms with E-state index in [2.05, 4.69) is 45.2 Å². The highest BCUT2D eigenvalue weighted by atomic mass is 79.9. The summed E-state index contributed by atoms with van der Waals surface area (Å²) in [4.78, 5) is 31.5. The van der Waals surface area contributed by atoms with Gasteiger partial charge in [0.1, 0.15) is 12.4 Å². The lowest BCUT2D eigenvalue weighted by molar-refractivity contribution is -0.121. The molecule has 0 radical (unpaired) electrons. The Morgan fingerprint density at radius 3 is 2.56 bits per heavy atom. The normalized spacial score (nSPS) is 15.4. The first-order chi connectivity index (χ1) is 18.9. The minimum atomic E-state index is -0.374. The molecular formula is C31H25BrN2O4S. The van der Waals surface area contributed by atoms with Crippen molar-refractivity contribution >= 4 is 67.3 Å². The molecule has 1 saturated heterocycles. The maximum atomic E-state index is 12.9. The number of thioether (sulfide) groups is 1. The summed E-state index contributed by atoms with van der Waals surface area (Å²) in [5.74, 6) is 0.219. The average molecular weight is 602 g/mol. The first-order valence-electron chi connectivity index (χ1n) is 12.4. The van der Waals surface area contributed by atoms with Crippen LogP contribution in [0.4, 0.5) is 5.69 Å². The number of amidine groups is 1. The highest BCUT2D eigenvalue weighted by molar-refractivity contribution is 9.10. The zero-order valence-corrected chi connectivity index (χ0v) is 23.8. The highest BCUT2D eigenvalue weighted by Crippen LogP contribution is 2.35. The molecule has 39 heavy (non-hydrogen) atoms. The van der Waals surface area contributed by atoms with E-state index in [9.17, 15) is 9.59 Å². The van der Waals surface area contributed by atoms with Gasteiger partial charge in [-0.05, 0) is 99.0 Å². The molecule has 1 aliphatic heterocycles. The monoisotopic (exact) mass is 600 g/mol. The first kappa shape index (κ1) is 26.7. The molecular weight excluding hydrogens is 576 g/mol. The summed E-state index contributed by atoms with van der Waals surface area (Å²) >= 11 is 4.92. The van der Waals surface area contributed by atoms with Crippen LogP contribution in [0.15, 0.2) is 99.3 Å². The number of hydrogen-bond acceptors (Lipinski definition) is 6. The van der Waals surface area contributed by atoms with Crippen molar-refractivity contribution in [3.8, 4) is 5.75 Å². The lowest BCUT2D eigenvalue weighted by atomic mass is 10.1. The summed E-state index contributed by atoms with van der Waals surface area (Å²) < 4.78 is 11.9. The number of halogens is 1. The minimum absolute atomic E-state index is 0.130. The number of aliphatic imine (C=N–C) groups is 1. The Morgan fingerprint density at radius 1 is 1.03 bits per heavy atom. The fourth-order valence-corrected chi connectivity index (χ4v) is 5.60. The van der Waals surface area contributed by atoms with E-state index in [4.69, 9.17) is 9.47 Å². The predicted molar refractivity (Wildman–Crippen MR) is 160 cm³/mol. The summed E-state index contributed by atoms with van der Waals surface area (Å²) in [6.07, 6.45) is 1.84. The van der Waals surface area contributed by atoms with Crippen molar-refractivity contribution in [3.63, 3.8) is 0 Å². The quantitative estimate of drug-likeness (QED) is 0.161. The van der Waals surface area contributed by atoms with E-state index in [1.54, 1.807) is 38.2 Å².